The first kappa shape index (κ1) is 22.6. The number of sulfonamides is 1. The summed E-state index contributed by atoms with van der Waals surface area (Å²) in [5.74, 6) is 0.538. The summed E-state index contributed by atoms with van der Waals surface area (Å²) in [5.41, 5.74) is 2.09. The topological polar surface area (TPSA) is 87.7 Å². The van der Waals surface area contributed by atoms with Gasteiger partial charge in [-0.2, -0.15) is 0 Å². The number of amides is 1. The van der Waals surface area contributed by atoms with Gasteiger partial charge in [-0.3, -0.25) is 9.69 Å². The fourth-order valence-electron chi connectivity index (χ4n) is 2.74. The van der Waals surface area contributed by atoms with Crippen molar-refractivity contribution < 1.29 is 17.9 Å². The lowest BCUT2D eigenvalue weighted by molar-refractivity contribution is -0.117. The molecule has 0 aromatic heterocycles. The second-order valence-electron chi connectivity index (χ2n) is 6.65. The monoisotopic (exact) mass is 417 g/mol. The van der Waals surface area contributed by atoms with E-state index in [-0.39, 0.29) is 17.3 Å². The Morgan fingerprint density at radius 1 is 1.21 bits per heavy atom. The van der Waals surface area contributed by atoms with Crippen molar-refractivity contribution >= 4 is 21.6 Å². The van der Waals surface area contributed by atoms with Gasteiger partial charge in [-0.1, -0.05) is 30.9 Å². The molecule has 8 heteroatoms. The number of likely N-dealkylation sites (N-methyl/N-ethyl adjacent to an activating group) is 1. The minimum absolute atomic E-state index is 0.143. The van der Waals surface area contributed by atoms with Gasteiger partial charge in [-0.15, -0.1) is 0 Å². The number of hydrogen-bond donors (Lipinski definition) is 2. The Balaban J connectivity index is 1.95. The third kappa shape index (κ3) is 6.70. The maximum atomic E-state index is 12.4. The van der Waals surface area contributed by atoms with E-state index in [1.165, 1.54) is 13.1 Å². The Labute approximate surface area is 172 Å². The predicted molar refractivity (Wildman–Crippen MR) is 115 cm³/mol. The van der Waals surface area contributed by atoms with Gasteiger partial charge in [0.25, 0.3) is 0 Å². The molecule has 1 amide bonds. The SMILES string of the molecule is C=CCOc1ccc(CN(C)CC(=O)Nc2ccc(C)c(S(=O)(=O)NC)c2)cc1. The summed E-state index contributed by atoms with van der Waals surface area (Å²) in [6.07, 6.45) is 1.69. The second-order valence-corrected chi connectivity index (χ2v) is 8.51. The lowest BCUT2D eigenvalue weighted by Crippen LogP contribution is -2.30. The molecule has 156 valence electrons. The summed E-state index contributed by atoms with van der Waals surface area (Å²) in [4.78, 5) is 14.4. The quantitative estimate of drug-likeness (QED) is 0.580. The molecule has 2 aromatic carbocycles. The highest BCUT2D eigenvalue weighted by Gasteiger charge is 2.16. The van der Waals surface area contributed by atoms with Crippen LogP contribution < -0.4 is 14.8 Å². The number of anilines is 1. The highest BCUT2D eigenvalue weighted by molar-refractivity contribution is 7.89. The van der Waals surface area contributed by atoms with Crippen LogP contribution in [-0.4, -0.2) is 46.5 Å². The first-order chi connectivity index (χ1) is 13.7. The van der Waals surface area contributed by atoms with E-state index in [4.69, 9.17) is 4.74 Å². The molecule has 0 bridgehead atoms. The largest absolute Gasteiger partial charge is 0.490 e. The van der Waals surface area contributed by atoms with Gasteiger partial charge in [0.05, 0.1) is 11.4 Å². The lowest BCUT2D eigenvalue weighted by Gasteiger charge is -2.17. The van der Waals surface area contributed by atoms with Gasteiger partial charge in [-0.25, -0.2) is 13.1 Å². The zero-order chi connectivity index (χ0) is 21.4. The van der Waals surface area contributed by atoms with Crippen molar-refractivity contribution in [1.29, 1.82) is 0 Å². The van der Waals surface area contributed by atoms with Crippen LogP contribution in [0.4, 0.5) is 5.69 Å². The van der Waals surface area contributed by atoms with Crippen LogP contribution in [0.15, 0.2) is 60.0 Å². The number of nitrogens with one attached hydrogen (secondary N) is 2. The summed E-state index contributed by atoms with van der Waals surface area (Å²) in [7, 11) is -0.393. The molecule has 2 aromatic rings. The number of aryl methyl sites for hydroxylation is 1. The predicted octanol–water partition coefficient (Wildman–Crippen LogP) is 2.54. The molecule has 0 spiro atoms. The van der Waals surface area contributed by atoms with Gasteiger partial charge in [-0.05, 0) is 56.4 Å². The van der Waals surface area contributed by atoms with E-state index in [2.05, 4.69) is 16.6 Å². The highest BCUT2D eigenvalue weighted by Crippen LogP contribution is 2.20. The van der Waals surface area contributed by atoms with Crippen LogP contribution in [-0.2, 0) is 21.4 Å². The van der Waals surface area contributed by atoms with Gasteiger partial charge >= 0.3 is 0 Å². The molecule has 2 N–H and O–H groups in total. The molecular formula is C21H27N3O4S. The van der Waals surface area contributed by atoms with Crippen LogP contribution in [0.3, 0.4) is 0 Å². The van der Waals surface area contributed by atoms with Crippen molar-refractivity contribution in [1.82, 2.24) is 9.62 Å². The Hall–Kier alpha value is -2.68. The molecule has 0 atom stereocenters. The van der Waals surface area contributed by atoms with Gasteiger partial charge < -0.3 is 10.1 Å². The van der Waals surface area contributed by atoms with Gasteiger partial charge in [0.15, 0.2) is 0 Å². The third-order valence-corrected chi connectivity index (χ3v) is 5.74. The zero-order valence-corrected chi connectivity index (χ0v) is 17.8. The molecule has 0 heterocycles. The standard InChI is InChI=1S/C21H27N3O4S/c1-5-12-28-19-10-7-17(8-11-19)14-24(4)15-21(25)23-18-9-6-16(2)20(13-18)29(26,27)22-3/h5-11,13,22H,1,12,14-15H2,2-4H3,(H,23,25). The van der Waals surface area contributed by atoms with Gasteiger partial charge in [0.2, 0.25) is 15.9 Å². The Morgan fingerprint density at radius 2 is 1.90 bits per heavy atom. The van der Waals surface area contributed by atoms with E-state index in [0.717, 1.165) is 11.3 Å². The van der Waals surface area contributed by atoms with Crippen LogP contribution in [0.25, 0.3) is 0 Å². The number of carbonyl (C=O) groups excluding carboxylic acids is 1. The first-order valence-electron chi connectivity index (χ1n) is 9.10. The fraction of sp³-hybridized carbons (Fsp3) is 0.286. The van der Waals surface area contributed by atoms with E-state index >= 15 is 0 Å². The number of carbonyl (C=O) groups is 1. The minimum atomic E-state index is -3.59. The normalized spacial score (nSPS) is 11.3. The molecule has 7 nitrogen and oxygen atoms in total. The van der Waals surface area contributed by atoms with E-state index in [1.54, 1.807) is 25.1 Å². The summed E-state index contributed by atoms with van der Waals surface area (Å²) < 4.78 is 31.9. The highest BCUT2D eigenvalue weighted by atomic mass is 32.2. The van der Waals surface area contributed by atoms with Crippen molar-refractivity contribution in [2.75, 3.05) is 32.6 Å². The van der Waals surface area contributed by atoms with Gasteiger partial charge in [0, 0.05) is 12.2 Å². The van der Waals surface area contributed by atoms with Crippen molar-refractivity contribution in [2.24, 2.45) is 0 Å². The molecule has 0 radical (unpaired) electrons. The molecule has 0 aliphatic rings. The maximum Gasteiger partial charge on any atom is 0.240 e. The van der Waals surface area contributed by atoms with Crippen molar-refractivity contribution in [3.05, 3.63) is 66.2 Å². The molecule has 29 heavy (non-hydrogen) atoms. The van der Waals surface area contributed by atoms with E-state index in [9.17, 15) is 13.2 Å². The number of rotatable bonds is 10. The summed E-state index contributed by atoms with van der Waals surface area (Å²) in [5, 5.41) is 2.75. The summed E-state index contributed by atoms with van der Waals surface area (Å²) in [6, 6.07) is 12.5. The minimum Gasteiger partial charge on any atom is -0.490 e. The van der Waals surface area contributed by atoms with Crippen LogP contribution in [0.2, 0.25) is 0 Å². The number of nitrogens with zero attached hydrogens (tertiary/aromatic N) is 1. The summed E-state index contributed by atoms with van der Waals surface area (Å²) in [6.45, 7) is 6.52. The second kappa shape index (κ2) is 10.2. The summed E-state index contributed by atoms with van der Waals surface area (Å²) >= 11 is 0. The van der Waals surface area contributed by atoms with Crippen molar-refractivity contribution in [3.8, 4) is 5.75 Å². The molecule has 0 aliphatic carbocycles. The lowest BCUT2D eigenvalue weighted by atomic mass is 10.2. The molecule has 0 aliphatic heterocycles. The Bertz CT molecular complexity index is 956. The Kier molecular flexibility index (Phi) is 7.95. The molecule has 0 unspecified atom stereocenters. The average Bonchev–Trinajstić information content (AvgIpc) is 2.68. The molecular weight excluding hydrogens is 390 g/mol. The van der Waals surface area contributed by atoms with Crippen molar-refractivity contribution in [2.45, 2.75) is 18.4 Å². The van der Waals surface area contributed by atoms with E-state index < -0.39 is 10.0 Å². The van der Waals surface area contributed by atoms with Crippen LogP contribution in [0.5, 0.6) is 5.75 Å². The van der Waals surface area contributed by atoms with Crippen LogP contribution >= 0.6 is 0 Å². The molecule has 0 fully saturated rings. The molecule has 0 saturated carbocycles. The van der Waals surface area contributed by atoms with Crippen molar-refractivity contribution in [3.63, 3.8) is 0 Å². The smallest absolute Gasteiger partial charge is 0.240 e. The third-order valence-electron chi connectivity index (χ3n) is 4.19. The fourth-order valence-corrected chi connectivity index (χ4v) is 3.73. The maximum absolute atomic E-state index is 12.4. The van der Waals surface area contributed by atoms with Gasteiger partial charge in [0.1, 0.15) is 12.4 Å². The number of ether oxygens (including phenoxy) is 1. The van der Waals surface area contributed by atoms with E-state index in [0.29, 0.717) is 24.4 Å². The molecule has 0 saturated heterocycles. The number of hydrogen-bond acceptors (Lipinski definition) is 5. The van der Waals surface area contributed by atoms with Crippen LogP contribution in [0.1, 0.15) is 11.1 Å². The molecule has 2 rings (SSSR count). The average molecular weight is 418 g/mol. The first-order valence-corrected chi connectivity index (χ1v) is 10.6. The number of benzene rings is 2. The Morgan fingerprint density at radius 3 is 2.52 bits per heavy atom. The van der Waals surface area contributed by atoms with Crippen LogP contribution in [0, 0.1) is 6.92 Å². The van der Waals surface area contributed by atoms with E-state index in [1.807, 2.05) is 36.2 Å². The zero-order valence-electron chi connectivity index (χ0n) is 16.9.